The highest BCUT2D eigenvalue weighted by Gasteiger charge is 2.14. The summed E-state index contributed by atoms with van der Waals surface area (Å²) < 4.78 is 11.2. The predicted octanol–water partition coefficient (Wildman–Crippen LogP) is 3.86. The summed E-state index contributed by atoms with van der Waals surface area (Å²) in [5.41, 5.74) is 16.0. The van der Waals surface area contributed by atoms with E-state index in [1.807, 2.05) is 6.92 Å². The van der Waals surface area contributed by atoms with E-state index in [-0.39, 0.29) is 11.9 Å². The summed E-state index contributed by atoms with van der Waals surface area (Å²) in [6.07, 6.45) is 7.21. The lowest BCUT2D eigenvalue weighted by atomic mass is 9.95. The molecule has 0 saturated heterocycles. The van der Waals surface area contributed by atoms with Gasteiger partial charge in [-0.05, 0) is 42.9 Å². The number of hydrogen-bond donors (Lipinski definition) is 2. The van der Waals surface area contributed by atoms with Crippen LogP contribution in [0.3, 0.4) is 0 Å². The zero-order chi connectivity index (χ0) is 21.9. The molecule has 0 fully saturated rings. The van der Waals surface area contributed by atoms with E-state index in [1.165, 1.54) is 11.1 Å². The topological polar surface area (TPSA) is 113 Å². The second kappa shape index (κ2) is 12.0. The molecule has 7 nitrogen and oxygen atoms in total. The number of esters is 1. The molecule has 164 valence electrons. The summed E-state index contributed by atoms with van der Waals surface area (Å²) in [4.78, 5) is 19.7. The average Bonchev–Trinajstić information content (AvgIpc) is 2.69. The zero-order valence-corrected chi connectivity index (χ0v) is 18.4. The Bertz CT molecular complexity index is 812. The normalized spacial score (nSPS) is 10.8. The number of benzene rings is 1. The van der Waals surface area contributed by atoms with E-state index in [4.69, 9.17) is 20.9 Å². The van der Waals surface area contributed by atoms with Crippen molar-refractivity contribution in [3.05, 3.63) is 40.6 Å². The summed E-state index contributed by atoms with van der Waals surface area (Å²) in [5, 5.41) is 0. The van der Waals surface area contributed by atoms with Gasteiger partial charge in [0, 0.05) is 24.6 Å². The Morgan fingerprint density at radius 1 is 1.03 bits per heavy atom. The zero-order valence-electron chi connectivity index (χ0n) is 18.4. The third kappa shape index (κ3) is 6.90. The molecule has 1 heterocycles. The van der Waals surface area contributed by atoms with Crippen LogP contribution in [0.4, 0.5) is 11.8 Å². The van der Waals surface area contributed by atoms with Crippen molar-refractivity contribution in [1.29, 1.82) is 0 Å². The highest BCUT2D eigenvalue weighted by molar-refractivity contribution is 5.69. The second-order valence-electron chi connectivity index (χ2n) is 7.32. The standard InChI is InChI=1S/C23H34N4O3/c1-4-8-17-12-16(14-19-15-26-23(25)27-22(19)24)13-18(9-5-2)21(17)30-11-7-10-20(28)29-6-3/h12-13,15H,4-11,14H2,1-3H3,(H4,24,25,26,27). The Morgan fingerprint density at radius 2 is 1.70 bits per heavy atom. The van der Waals surface area contributed by atoms with Crippen LogP contribution in [0, 0.1) is 0 Å². The largest absolute Gasteiger partial charge is 0.493 e. The summed E-state index contributed by atoms with van der Waals surface area (Å²) in [6.45, 7) is 7.02. The van der Waals surface area contributed by atoms with Gasteiger partial charge in [0.05, 0.1) is 13.2 Å². The minimum Gasteiger partial charge on any atom is -0.493 e. The van der Waals surface area contributed by atoms with Crippen molar-refractivity contribution in [2.45, 2.75) is 65.7 Å². The van der Waals surface area contributed by atoms with Crippen LogP contribution in [0.1, 0.15) is 68.7 Å². The molecule has 0 aliphatic carbocycles. The Hall–Kier alpha value is -2.83. The van der Waals surface area contributed by atoms with Crippen molar-refractivity contribution in [3.63, 3.8) is 0 Å². The fourth-order valence-corrected chi connectivity index (χ4v) is 3.44. The number of aromatic nitrogens is 2. The molecule has 0 spiro atoms. The Balaban J connectivity index is 2.22. The maximum Gasteiger partial charge on any atom is 0.305 e. The number of carbonyl (C=O) groups excluding carboxylic acids is 1. The molecule has 1 aromatic heterocycles. The highest BCUT2D eigenvalue weighted by Crippen LogP contribution is 2.30. The molecule has 2 rings (SSSR count). The van der Waals surface area contributed by atoms with Crippen LogP contribution in [0.2, 0.25) is 0 Å². The fraction of sp³-hybridized carbons (Fsp3) is 0.522. The van der Waals surface area contributed by atoms with Gasteiger partial charge in [-0.1, -0.05) is 38.8 Å². The van der Waals surface area contributed by atoms with Crippen LogP contribution < -0.4 is 16.2 Å². The number of nitrogens with two attached hydrogens (primary N) is 2. The molecule has 30 heavy (non-hydrogen) atoms. The lowest BCUT2D eigenvalue weighted by Crippen LogP contribution is -2.09. The molecule has 4 N–H and O–H groups in total. The number of hydrogen-bond acceptors (Lipinski definition) is 7. The highest BCUT2D eigenvalue weighted by atomic mass is 16.5. The molecule has 0 saturated carbocycles. The van der Waals surface area contributed by atoms with E-state index in [0.29, 0.717) is 38.3 Å². The lowest BCUT2D eigenvalue weighted by Gasteiger charge is -2.18. The van der Waals surface area contributed by atoms with Gasteiger partial charge in [0.25, 0.3) is 0 Å². The van der Waals surface area contributed by atoms with Crippen molar-refractivity contribution in [3.8, 4) is 5.75 Å². The van der Waals surface area contributed by atoms with Crippen LogP contribution in [-0.2, 0) is 28.8 Å². The molecule has 0 aliphatic heterocycles. The van der Waals surface area contributed by atoms with Gasteiger partial charge in [-0.15, -0.1) is 0 Å². The molecule has 1 aromatic carbocycles. The Kier molecular flexibility index (Phi) is 9.38. The van der Waals surface area contributed by atoms with E-state index in [2.05, 4.69) is 35.9 Å². The van der Waals surface area contributed by atoms with E-state index >= 15 is 0 Å². The van der Waals surface area contributed by atoms with Gasteiger partial charge >= 0.3 is 5.97 Å². The third-order valence-corrected chi connectivity index (χ3v) is 4.73. The number of ether oxygens (including phenoxy) is 2. The first-order valence-corrected chi connectivity index (χ1v) is 10.8. The maximum absolute atomic E-state index is 11.6. The van der Waals surface area contributed by atoms with Crippen molar-refractivity contribution in [1.82, 2.24) is 9.97 Å². The molecule has 0 bridgehead atoms. The third-order valence-electron chi connectivity index (χ3n) is 4.73. The second-order valence-corrected chi connectivity index (χ2v) is 7.32. The Labute approximate surface area is 179 Å². The molecule has 7 heteroatoms. The van der Waals surface area contributed by atoms with Crippen molar-refractivity contribution in [2.24, 2.45) is 0 Å². The summed E-state index contributed by atoms with van der Waals surface area (Å²) in [6, 6.07) is 4.36. The number of carbonyl (C=O) groups is 1. The van der Waals surface area contributed by atoms with E-state index in [1.54, 1.807) is 6.20 Å². The van der Waals surface area contributed by atoms with Gasteiger partial charge in [-0.25, -0.2) is 4.98 Å². The monoisotopic (exact) mass is 414 g/mol. The van der Waals surface area contributed by atoms with Gasteiger partial charge in [-0.3, -0.25) is 4.79 Å². The molecule has 0 atom stereocenters. The minimum absolute atomic E-state index is 0.178. The Morgan fingerprint density at radius 3 is 2.27 bits per heavy atom. The van der Waals surface area contributed by atoms with Crippen molar-refractivity contribution in [2.75, 3.05) is 24.7 Å². The minimum atomic E-state index is -0.178. The lowest BCUT2D eigenvalue weighted by molar-refractivity contribution is -0.143. The SMILES string of the molecule is CCCc1cc(Cc2cnc(N)nc2N)cc(CCC)c1OCCCC(=O)OCC. The van der Waals surface area contributed by atoms with Gasteiger partial charge in [0.15, 0.2) is 0 Å². The number of anilines is 2. The van der Waals surface area contributed by atoms with Crippen LogP contribution >= 0.6 is 0 Å². The first-order valence-electron chi connectivity index (χ1n) is 10.8. The van der Waals surface area contributed by atoms with E-state index in [9.17, 15) is 4.79 Å². The van der Waals surface area contributed by atoms with Gasteiger partial charge in [0.1, 0.15) is 11.6 Å². The van der Waals surface area contributed by atoms with Crippen molar-refractivity contribution < 1.29 is 14.3 Å². The molecular weight excluding hydrogens is 380 g/mol. The fourth-order valence-electron chi connectivity index (χ4n) is 3.44. The van der Waals surface area contributed by atoms with Crippen LogP contribution in [0.25, 0.3) is 0 Å². The summed E-state index contributed by atoms with van der Waals surface area (Å²) in [7, 11) is 0. The molecule has 0 unspecified atom stereocenters. The summed E-state index contributed by atoms with van der Waals surface area (Å²) >= 11 is 0. The van der Waals surface area contributed by atoms with E-state index < -0.39 is 0 Å². The van der Waals surface area contributed by atoms with Crippen LogP contribution in [-0.4, -0.2) is 29.2 Å². The van der Waals surface area contributed by atoms with E-state index in [0.717, 1.165) is 42.6 Å². The number of aryl methyl sites for hydroxylation is 2. The number of nitrogen functional groups attached to an aromatic ring is 2. The predicted molar refractivity (Wildman–Crippen MR) is 119 cm³/mol. The quantitative estimate of drug-likeness (QED) is 0.400. The van der Waals surface area contributed by atoms with Gasteiger partial charge in [-0.2, -0.15) is 4.98 Å². The first kappa shape index (κ1) is 23.4. The molecule has 0 radical (unpaired) electrons. The van der Waals surface area contributed by atoms with Crippen LogP contribution in [0.5, 0.6) is 5.75 Å². The van der Waals surface area contributed by atoms with Crippen LogP contribution in [0.15, 0.2) is 18.3 Å². The average molecular weight is 415 g/mol. The molecule has 0 aliphatic rings. The smallest absolute Gasteiger partial charge is 0.305 e. The maximum atomic E-state index is 11.6. The number of rotatable bonds is 12. The molecular formula is C23H34N4O3. The molecule has 2 aromatic rings. The van der Waals surface area contributed by atoms with Gasteiger partial charge in [0.2, 0.25) is 5.95 Å². The first-order chi connectivity index (χ1) is 14.5. The van der Waals surface area contributed by atoms with Crippen molar-refractivity contribution >= 4 is 17.7 Å². The number of nitrogens with zero attached hydrogens (tertiary/aromatic N) is 2. The molecule has 0 amide bonds. The van der Waals surface area contributed by atoms with Gasteiger partial charge < -0.3 is 20.9 Å². The summed E-state index contributed by atoms with van der Waals surface area (Å²) in [5.74, 6) is 1.37.